The number of nitrogens with one attached hydrogen (secondary N) is 2. The summed E-state index contributed by atoms with van der Waals surface area (Å²) in [4.78, 5) is 17.9. The van der Waals surface area contributed by atoms with Crippen molar-refractivity contribution >= 4 is 11.7 Å². The molecule has 0 spiro atoms. The summed E-state index contributed by atoms with van der Waals surface area (Å²) < 4.78 is 42.0. The second-order valence-electron chi connectivity index (χ2n) is 9.67. The number of halogens is 3. The molecule has 2 N–H and O–H groups in total. The molecule has 5 nitrogen and oxygen atoms in total. The number of rotatable bonds is 5. The predicted octanol–water partition coefficient (Wildman–Crippen LogP) is 4.46. The Labute approximate surface area is 192 Å². The number of nitrogens with zero attached hydrogens (tertiary/aromatic N) is 2. The van der Waals surface area contributed by atoms with Gasteiger partial charge < -0.3 is 15.5 Å². The van der Waals surface area contributed by atoms with Gasteiger partial charge >= 0.3 is 6.18 Å². The summed E-state index contributed by atoms with van der Waals surface area (Å²) in [6.07, 6.45) is -1.43. The van der Waals surface area contributed by atoms with Crippen LogP contribution in [-0.4, -0.2) is 48.1 Å². The maximum absolute atomic E-state index is 14.0. The van der Waals surface area contributed by atoms with Crippen molar-refractivity contribution < 1.29 is 18.0 Å². The van der Waals surface area contributed by atoms with Gasteiger partial charge in [0.25, 0.3) is 0 Å². The van der Waals surface area contributed by atoms with E-state index in [9.17, 15) is 18.0 Å². The molecule has 1 aliphatic heterocycles. The number of aromatic nitrogens is 1. The monoisotopic (exact) mass is 460 g/mol. The number of alkyl halides is 3. The molecule has 1 aliphatic carbocycles. The lowest BCUT2D eigenvalue weighted by molar-refractivity contribution is -0.190. The first-order chi connectivity index (χ1) is 15.6. The van der Waals surface area contributed by atoms with E-state index in [0.29, 0.717) is 31.7 Å². The molecule has 8 heteroatoms. The number of fused-ring (bicyclic) bond motifs is 1. The van der Waals surface area contributed by atoms with Crippen LogP contribution in [0.3, 0.4) is 0 Å². The standard InChI is InChI=1S/C25H31F3N4O/c1-24(2)19-7-5-4-6-17(19)14-20(24)31-21-9-8-18(15-30-21)22(25(26,27)28)32(3)23(33)16-10-12-29-13-11-16/h4-9,15-16,20,22,29H,10-14H2,1-3H3,(H,30,31)/t20?,22-/m0/s1. The van der Waals surface area contributed by atoms with E-state index < -0.39 is 18.1 Å². The minimum atomic E-state index is -4.59. The lowest BCUT2D eigenvalue weighted by Gasteiger charge is -2.34. The molecule has 0 saturated carbocycles. The number of anilines is 1. The molecule has 2 heterocycles. The molecule has 4 rings (SSSR count). The van der Waals surface area contributed by atoms with Crippen LogP contribution < -0.4 is 10.6 Å². The summed E-state index contributed by atoms with van der Waals surface area (Å²) in [7, 11) is 1.24. The van der Waals surface area contributed by atoms with Crippen molar-refractivity contribution in [3.8, 4) is 0 Å². The average molecular weight is 461 g/mol. The lowest BCUT2D eigenvalue weighted by Crippen LogP contribution is -2.45. The Kier molecular flexibility index (Phi) is 6.40. The van der Waals surface area contributed by atoms with Crippen LogP contribution in [0.25, 0.3) is 0 Å². The summed E-state index contributed by atoms with van der Waals surface area (Å²) in [6.45, 7) is 5.60. The Morgan fingerprint density at radius 1 is 1.18 bits per heavy atom. The highest BCUT2D eigenvalue weighted by atomic mass is 19.4. The first kappa shape index (κ1) is 23.5. The minimum Gasteiger partial charge on any atom is -0.366 e. The van der Waals surface area contributed by atoms with Crippen LogP contribution in [0.15, 0.2) is 42.6 Å². The van der Waals surface area contributed by atoms with Crippen molar-refractivity contribution in [1.29, 1.82) is 0 Å². The minimum absolute atomic E-state index is 0.0354. The Balaban J connectivity index is 1.51. The molecule has 1 aromatic carbocycles. The van der Waals surface area contributed by atoms with Crippen molar-refractivity contribution in [2.45, 2.75) is 56.8 Å². The van der Waals surface area contributed by atoms with Gasteiger partial charge in [0.1, 0.15) is 5.82 Å². The number of carbonyl (C=O) groups excluding carboxylic acids is 1. The van der Waals surface area contributed by atoms with Crippen LogP contribution in [-0.2, 0) is 16.6 Å². The molecule has 1 fully saturated rings. The summed E-state index contributed by atoms with van der Waals surface area (Å²) in [6, 6.07) is 9.34. The number of hydrogen-bond acceptors (Lipinski definition) is 4. The van der Waals surface area contributed by atoms with E-state index in [1.807, 2.05) is 12.1 Å². The summed E-state index contributed by atoms with van der Waals surface area (Å²) in [5, 5.41) is 6.54. The molecule has 1 saturated heterocycles. The van der Waals surface area contributed by atoms with Gasteiger partial charge in [0.15, 0.2) is 6.04 Å². The van der Waals surface area contributed by atoms with Crippen LogP contribution in [0.5, 0.6) is 0 Å². The van der Waals surface area contributed by atoms with Gasteiger partial charge in [-0.25, -0.2) is 4.98 Å². The second kappa shape index (κ2) is 8.97. The topological polar surface area (TPSA) is 57.3 Å². The van der Waals surface area contributed by atoms with E-state index in [1.54, 1.807) is 6.07 Å². The van der Waals surface area contributed by atoms with Gasteiger partial charge in [-0.3, -0.25) is 4.79 Å². The Hall–Kier alpha value is -2.61. The van der Waals surface area contributed by atoms with Crippen molar-refractivity contribution in [3.05, 3.63) is 59.3 Å². The molecule has 2 aromatic rings. The molecule has 0 bridgehead atoms. The van der Waals surface area contributed by atoms with Crippen LogP contribution in [0, 0.1) is 5.92 Å². The molecular formula is C25H31F3N4O. The highest BCUT2D eigenvalue weighted by Gasteiger charge is 2.46. The van der Waals surface area contributed by atoms with Gasteiger partial charge in [-0.15, -0.1) is 0 Å². The highest BCUT2D eigenvalue weighted by Crippen LogP contribution is 2.41. The van der Waals surface area contributed by atoms with E-state index in [1.165, 1.54) is 30.4 Å². The van der Waals surface area contributed by atoms with Crippen LogP contribution in [0.1, 0.15) is 49.4 Å². The van der Waals surface area contributed by atoms with Crippen molar-refractivity contribution in [2.24, 2.45) is 5.92 Å². The molecule has 33 heavy (non-hydrogen) atoms. The number of piperidine rings is 1. The molecule has 1 amide bonds. The van der Waals surface area contributed by atoms with Crippen LogP contribution >= 0.6 is 0 Å². The van der Waals surface area contributed by atoms with E-state index in [4.69, 9.17) is 0 Å². The quantitative estimate of drug-likeness (QED) is 0.692. The zero-order valence-electron chi connectivity index (χ0n) is 19.2. The number of amides is 1. The van der Waals surface area contributed by atoms with E-state index in [-0.39, 0.29) is 22.9 Å². The van der Waals surface area contributed by atoms with E-state index in [0.717, 1.165) is 11.3 Å². The van der Waals surface area contributed by atoms with E-state index >= 15 is 0 Å². The molecule has 2 aliphatic rings. The fourth-order valence-electron chi connectivity index (χ4n) is 5.17. The van der Waals surface area contributed by atoms with Gasteiger partial charge in [-0.1, -0.05) is 44.2 Å². The fraction of sp³-hybridized carbons (Fsp3) is 0.520. The largest absolute Gasteiger partial charge is 0.413 e. The lowest BCUT2D eigenvalue weighted by atomic mass is 9.83. The van der Waals surface area contributed by atoms with Gasteiger partial charge in [-0.2, -0.15) is 13.2 Å². The zero-order chi connectivity index (χ0) is 23.8. The molecule has 2 atom stereocenters. The maximum Gasteiger partial charge on any atom is 0.413 e. The van der Waals surface area contributed by atoms with Gasteiger partial charge in [-0.05, 0) is 49.5 Å². The van der Waals surface area contributed by atoms with Crippen molar-refractivity contribution in [3.63, 3.8) is 0 Å². The normalized spacial score (nSPS) is 21.3. The number of pyridine rings is 1. The van der Waals surface area contributed by atoms with Crippen molar-refractivity contribution in [1.82, 2.24) is 15.2 Å². The summed E-state index contributed by atoms with van der Waals surface area (Å²) >= 11 is 0. The molecule has 178 valence electrons. The first-order valence-electron chi connectivity index (χ1n) is 11.4. The molecule has 1 unspecified atom stereocenters. The Morgan fingerprint density at radius 2 is 1.88 bits per heavy atom. The number of hydrogen-bond donors (Lipinski definition) is 2. The van der Waals surface area contributed by atoms with Gasteiger partial charge in [0.2, 0.25) is 5.91 Å². The zero-order valence-corrected chi connectivity index (χ0v) is 19.2. The van der Waals surface area contributed by atoms with Gasteiger partial charge in [0, 0.05) is 36.2 Å². The third-order valence-corrected chi connectivity index (χ3v) is 7.16. The fourth-order valence-corrected chi connectivity index (χ4v) is 5.17. The smallest absolute Gasteiger partial charge is 0.366 e. The van der Waals surface area contributed by atoms with Crippen LogP contribution in [0.4, 0.5) is 19.0 Å². The molecule has 0 radical (unpaired) electrons. The third-order valence-electron chi connectivity index (χ3n) is 7.16. The summed E-state index contributed by atoms with van der Waals surface area (Å²) in [5.74, 6) is -0.328. The highest BCUT2D eigenvalue weighted by molar-refractivity contribution is 5.79. The third kappa shape index (κ3) is 4.71. The van der Waals surface area contributed by atoms with E-state index in [2.05, 4.69) is 41.6 Å². The van der Waals surface area contributed by atoms with Crippen molar-refractivity contribution in [2.75, 3.05) is 25.5 Å². The molecular weight excluding hydrogens is 429 g/mol. The van der Waals surface area contributed by atoms with Crippen LogP contribution in [0.2, 0.25) is 0 Å². The Bertz CT molecular complexity index is 984. The first-order valence-corrected chi connectivity index (χ1v) is 11.4. The Morgan fingerprint density at radius 3 is 2.48 bits per heavy atom. The number of carbonyl (C=O) groups is 1. The molecule has 1 aromatic heterocycles. The number of benzene rings is 1. The average Bonchev–Trinajstić information content (AvgIpc) is 3.04. The maximum atomic E-state index is 14.0. The second-order valence-corrected chi connectivity index (χ2v) is 9.67. The summed E-state index contributed by atoms with van der Waals surface area (Å²) in [5.41, 5.74) is 2.38. The predicted molar refractivity (Wildman–Crippen MR) is 122 cm³/mol. The van der Waals surface area contributed by atoms with Gasteiger partial charge in [0.05, 0.1) is 0 Å². The SMILES string of the molecule is CN(C(=O)C1CCNCC1)[C@@H](c1ccc(NC2Cc3ccccc3C2(C)C)nc1)C(F)(F)F.